The molecule has 0 aliphatic carbocycles. The Labute approximate surface area is 131 Å². The predicted molar refractivity (Wildman–Crippen MR) is 86.2 cm³/mol. The van der Waals surface area contributed by atoms with Crippen molar-refractivity contribution in [2.45, 2.75) is 31.7 Å². The molecule has 1 aromatic heterocycles. The smallest absolute Gasteiger partial charge is 0.224 e. The van der Waals surface area contributed by atoms with Crippen molar-refractivity contribution < 1.29 is 9.53 Å². The van der Waals surface area contributed by atoms with Gasteiger partial charge in [-0.25, -0.2) is 4.98 Å². The third-order valence-electron chi connectivity index (χ3n) is 4.25. The molecule has 0 aromatic carbocycles. The Balaban J connectivity index is 1.46. The van der Waals surface area contributed by atoms with Crippen LogP contribution >= 0.6 is 0 Å². The van der Waals surface area contributed by atoms with E-state index in [2.05, 4.69) is 20.5 Å². The largest absolute Gasteiger partial charge is 0.378 e. The summed E-state index contributed by atoms with van der Waals surface area (Å²) < 4.78 is 5.34. The minimum atomic E-state index is 0.0645. The number of ether oxygens (including phenoxy) is 1. The molecule has 2 aliphatic rings. The maximum atomic E-state index is 12.0. The minimum absolute atomic E-state index is 0.0645. The van der Waals surface area contributed by atoms with Gasteiger partial charge in [0.2, 0.25) is 5.91 Å². The predicted octanol–water partition coefficient (Wildman–Crippen LogP) is 1.39. The topological polar surface area (TPSA) is 66.5 Å². The van der Waals surface area contributed by atoms with Crippen molar-refractivity contribution in [3.8, 4) is 0 Å². The zero-order valence-electron chi connectivity index (χ0n) is 12.9. The summed E-state index contributed by atoms with van der Waals surface area (Å²) in [4.78, 5) is 18.6. The van der Waals surface area contributed by atoms with E-state index in [1.165, 1.54) is 12.8 Å². The monoisotopic (exact) mass is 304 g/mol. The summed E-state index contributed by atoms with van der Waals surface area (Å²) in [6.45, 7) is 4.31. The molecule has 0 bridgehead atoms. The van der Waals surface area contributed by atoms with E-state index in [0.29, 0.717) is 12.5 Å². The molecule has 2 N–H and O–H groups in total. The number of carbonyl (C=O) groups is 1. The summed E-state index contributed by atoms with van der Waals surface area (Å²) in [7, 11) is 0. The number of carbonyl (C=O) groups excluding carboxylic acids is 1. The fraction of sp³-hybridized carbons (Fsp3) is 0.625. The Morgan fingerprint density at radius 1 is 1.41 bits per heavy atom. The highest BCUT2D eigenvalue weighted by Gasteiger charge is 2.16. The number of pyridine rings is 1. The molecule has 2 aliphatic heterocycles. The zero-order chi connectivity index (χ0) is 15.2. The summed E-state index contributed by atoms with van der Waals surface area (Å²) in [5.41, 5.74) is 0.765. The molecule has 3 heterocycles. The van der Waals surface area contributed by atoms with Crippen LogP contribution in [0.2, 0.25) is 0 Å². The van der Waals surface area contributed by atoms with E-state index in [1.54, 1.807) is 6.20 Å². The Bertz CT molecular complexity index is 479. The van der Waals surface area contributed by atoms with Gasteiger partial charge in [-0.2, -0.15) is 0 Å². The van der Waals surface area contributed by atoms with Crippen LogP contribution in [0.4, 0.5) is 11.5 Å². The number of morpholine rings is 1. The second kappa shape index (κ2) is 7.56. The summed E-state index contributed by atoms with van der Waals surface area (Å²) in [6.07, 6.45) is 5.60. The molecule has 120 valence electrons. The van der Waals surface area contributed by atoms with Crippen LogP contribution in [0.5, 0.6) is 0 Å². The van der Waals surface area contributed by atoms with Gasteiger partial charge in [0.25, 0.3) is 0 Å². The number of rotatable bonds is 5. The number of hydrogen-bond acceptors (Lipinski definition) is 5. The number of nitrogens with zero attached hydrogens (tertiary/aromatic N) is 2. The SMILES string of the molecule is O=C(CCC1CCCN1)Nc1ccc(N2CCOCC2)nc1. The van der Waals surface area contributed by atoms with E-state index in [9.17, 15) is 4.79 Å². The van der Waals surface area contributed by atoms with Gasteiger partial charge < -0.3 is 20.3 Å². The third kappa shape index (κ3) is 4.18. The molecule has 0 saturated carbocycles. The lowest BCUT2D eigenvalue weighted by Crippen LogP contribution is -2.36. The second-order valence-electron chi connectivity index (χ2n) is 5.88. The first kappa shape index (κ1) is 15.2. The van der Waals surface area contributed by atoms with Crippen LogP contribution in [0.15, 0.2) is 18.3 Å². The molecule has 0 radical (unpaired) electrons. The maximum absolute atomic E-state index is 12.0. The fourth-order valence-electron chi connectivity index (χ4n) is 2.97. The van der Waals surface area contributed by atoms with E-state index < -0.39 is 0 Å². The summed E-state index contributed by atoms with van der Waals surface area (Å²) in [5, 5.41) is 6.34. The Morgan fingerprint density at radius 3 is 2.95 bits per heavy atom. The van der Waals surface area contributed by atoms with Crippen molar-refractivity contribution >= 4 is 17.4 Å². The van der Waals surface area contributed by atoms with Gasteiger partial charge in [-0.05, 0) is 37.9 Å². The average molecular weight is 304 g/mol. The molecule has 1 amide bonds. The van der Waals surface area contributed by atoms with Gasteiger partial charge in [-0.1, -0.05) is 0 Å². The summed E-state index contributed by atoms with van der Waals surface area (Å²) >= 11 is 0. The lowest BCUT2D eigenvalue weighted by molar-refractivity contribution is -0.116. The molecule has 1 unspecified atom stereocenters. The number of hydrogen-bond donors (Lipinski definition) is 2. The van der Waals surface area contributed by atoms with E-state index >= 15 is 0 Å². The van der Waals surface area contributed by atoms with Gasteiger partial charge in [-0.3, -0.25) is 4.79 Å². The highest BCUT2D eigenvalue weighted by atomic mass is 16.5. The van der Waals surface area contributed by atoms with E-state index in [1.807, 2.05) is 12.1 Å². The van der Waals surface area contributed by atoms with Crippen LogP contribution in [0.1, 0.15) is 25.7 Å². The van der Waals surface area contributed by atoms with Crippen molar-refractivity contribution in [2.75, 3.05) is 43.1 Å². The lowest BCUT2D eigenvalue weighted by atomic mass is 10.1. The normalized spacial score (nSPS) is 21.8. The first-order chi connectivity index (χ1) is 10.8. The van der Waals surface area contributed by atoms with Gasteiger partial charge in [0.15, 0.2) is 0 Å². The molecule has 3 rings (SSSR count). The van der Waals surface area contributed by atoms with Crippen LogP contribution in [-0.4, -0.2) is 49.8 Å². The quantitative estimate of drug-likeness (QED) is 0.860. The fourth-order valence-corrected chi connectivity index (χ4v) is 2.97. The van der Waals surface area contributed by atoms with Crippen LogP contribution in [0.25, 0.3) is 0 Å². The average Bonchev–Trinajstić information content (AvgIpc) is 3.08. The number of nitrogens with one attached hydrogen (secondary N) is 2. The lowest BCUT2D eigenvalue weighted by Gasteiger charge is -2.27. The number of amides is 1. The third-order valence-corrected chi connectivity index (χ3v) is 4.25. The van der Waals surface area contributed by atoms with Gasteiger partial charge >= 0.3 is 0 Å². The van der Waals surface area contributed by atoms with Crippen molar-refractivity contribution in [3.05, 3.63) is 18.3 Å². The van der Waals surface area contributed by atoms with Crippen LogP contribution in [-0.2, 0) is 9.53 Å². The van der Waals surface area contributed by atoms with Crippen LogP contribution < -0.4 is 15.5 Å². The summed E-state index contributed by atoms with van der Waals surface area (Å²) in [6, 6.07) is 4.38. The highest BCUT2D eigenvalue weighted by molar-refractivity contribution is 5.90. The van der Waals surface area contributed by atoms with E-state index in [-0.39, 0.29) is 5.91 Å². The van der Waals surface area contributed by atoms with Gasteiger partial charge in [-0.15, -0.1) is 0 Å². The van der Waals surface area contributed by atoms with Gasteiger partial charge in [0, 0.05) is 25.6 Å². The number of anilines is 2. The van der Waals surface area contributed by atoms with Crippen LogP contribution in [0.3, 0.4) is 0 Å². The molecule has 1 aromatic rings. The van der Waals surface area contributed by atoms with Gasteiger partial charge in [0.05, 0.1) is 25.1 Å². The number of aromatic nitrogens is 1. The molecular weight excluding hydrogens is 280 g/mol. The van der Waals surface area contributed by atoms with Crippen molar-refractivity contribution in [3.63, 3.8) is 0 Å². The Morgan fingerprint density at radius 2 is 2.27 bits per heavy atom. The molecule has 1 atom stereocenters. The Hall–Kier alpha value is -1.66. The van der Waals surface area contributed by atoms with E-state index in [0.717, 1.165) is 50.8 Å². The summed E-state index contributed by atoms with van der Waals surface area (Å²) in [5.74, 6) is 1.01. The molecule has 2 fully saturated rings. The standard InChI is InChI=1S/C16H24N4O2/c21-16(6-4-13-2-1-7-17-13)19-14-3-5-15(18-12-14)20-8-10-22-11-9-20/h3,5,12-13,17H,1-2,4,6-11H2,(H,19,21). The first-order valence-corrected chi connectivity index (χ1v) is 8.13. The van der Waals surface area contributed by atoms with Crippen molar-refractivity contribution in [1.82, 2.24) is 10.3 Å². The Kier molecular flexibility index (Phi) is 5.24. The molecule has 6 nitrogen and oxygen atoms in total. The van der Waals surface area contributed by atoms with Crippen LogP contribution in [0, 0.1) is 0 Å². The van der Waals surface area contributed by atoms with Gasteiger partial charge in [0.1, 0.15) is 5.82 Å². The van der Waals surface area contributed by atoms with E-state index in [4.69, 9.17) is 4.74 Å². The molecule has 2 saturated heterocycles. The molecular formula is C16H24N4O2. The molecule has 6 heteroatoms. The molecule has 22 heavy (non-hydrogen) atoms. The zero-order valence-corrected chi connectivity index (χ0v) is 12.9. The molecule has 0 spiro atoms. The highest BCUT2D eigenvalue weighted by Crippen LogP contribution is 2.16. The van der Waals surface area contributed by atoms with Crippen molar-refractivity contribution in [2.24, 2.45) is 0 Å². The first-order valence-electron chi connectivity index (χ1n) is 8.13. The second-order valence-corrected chi connectivity index (χ2v) is 5.88. The minimum Gasteiger partial charge on any atom is -0.378 e. The van der Waals surface area contributed by atoms with Crippen molar-refractivity contribution in [1.29, 1.82) is 0 Å². The maximum Gasteiger partial charge on any atom is 0.224 e.